The van der Waals surface area contributed by atoms with E-state index in [1.807, 2.05) is 0 Å². The second-order valence-electron chi connectivity index (χ2n) is 9.39. The van der Waals surface area contributed by atoms with E-state index < -0.39 is 29.3 Å². The van der Waals surface area contributed by atoms with Gasteiger partial charge in [-0.2, -0.15) is 0 Å². The van der Waals surface area contributed by atoms with Gasteiger partial charge in [-0.3, -0.25) is 0 Å². The Morgan fingerprint density at radius 1 is 1.06 bits per heavy atom. The van der Waals surface area contributed by atoms with Crippen molar-refractivity contribution in [1.29, 1.82) is 0 Å². The van der Waals surface area contributed by atoms with Crippen LogP contribution in [0.2, 0.25) is 0 Å². The van der Waals surface area contributed by atoms with Gasteiger partial charge in [0.15, 0.2) is 0 Å². The van der Waals surface area contributed by atoms with Gasteiger partial charge in [0.05, 0.1) is 27.2 Å². The standard InChI is InChI=1S/C24H28F2NO4/c1-27(2,3)20-14-19(10-11-21-22(20)31-21)30-23(28)24(29,15-6-4-8-17(25)12-15)16-7-5-9-18(26)13-16/h4-9,12-13,19-22,29H,10-11,14H2,1-3H3/q+1/t19-,20?,21-,22?/m1/s1. The highest BCUT2D eigenvalue weighted by Crippen LogP contribution is 2.41. The molecule has 0 aromatic heterocycles. The van der Waals surface area contributed by atoms with Crippen molar-refractivity contribution in [3.8, 4) is 0 Å². The van der Waals surface area contributed by atoms with Crippen molar-refractivity contribution in [3.63, 3.8) is 0 Å². The molecule has 0 radical (unpaired) electrons. The van der Waals surface area contributed by atoms with Crippen molar-refractivity contribution in [2.75, 3.05) is 21.1 Å². The third-order valence-electron chi connectivity index (χ3n) is 6.33. The number of esters is 1. The zero-order valence-corrected chi connectivity index (χ0v) is 17.9. The summed E-state index contributed by atoms with van der Waals surface area (Å²) in [5.41, 5.74) is -2.35. The number of carbonyl (C=O) groups excluding carboxylic acids is 1. The van der Waals surface area contributed by atoms with Crippen molar-refractivity contribution in [1.82, 2.24) is 0 Å². The monoisotopic (exact) mass is 432 g/mol. The first-order chi connectivity index (χ1) is 14.6. The van der Waals surface area contributed by atoms with Gasteiger partial charge in [-0.15, -0.1) is 0 Å². The Bertz CT molecular complexity index is 929. The number of ether oxygens (including phenoxy) is 2. The maximum atomic E-state index is 13.9. The van der Waals surface area contributed by atoms with Gasteiger partial charge in [0, 0.05) is 17.5 Å². The Morgan fingerprint density at radius 3 is 2.16 bits per heavy atom. The minimum Gasteiger partial charge on any atom is -0.459 e. The fourth-order valence-electron chi connectivity index (χ4n) is 4.53. The van der Waals surface area contributed by atoms with E-state index in [1.54, 1.807) is 0 Å². The Labute approximate surface area is 180 Å². The van der Waals surface area contributed by atoms with E-state index in [-0.39, 0.29) is 29.4 Å². The Balaban J connectivity index is 1.65. The minimum absolute atomic E-state index is 0.00828. The molecule has 31 heavy (non-hydrogen) atoms. The molecule has 4 rings (SSSR count). The van der Waals surface area contributed by atoms with Crippen LogP contribution in [0.3, 0.4) is 0 Å². The molecular weight excluding hydrogens is 404 g/mol. The molecule has 1 N–H and O–H groups in total. The minimum atomic E-state index is -2.33. The molecule has 1 aliphatic carbocycles. The van der Waals surface area contributed by atoms with Crippen molar-refractivity contribution >= 4 is 5.97 Å². The first-order valence-corrected chi connectivity index (χ1v) is 10.5. The third-order valence-corrected chi connectivity index (χ3v) is 6.33. The van der Waals surface area contributed by atoms with E-state index in [0.29, 0.717) is 17.3 Å². The molecule has 1 saturated heterocycles. The highest BCUT2D eigenvalue weighted by atomic mass is 19.1. The SMILES string of the molecule is C[N+](C)(C)C1C[C@H](OC(=O)C(O)(c2cccc(F)c2)c2cccc(F)c2)CC[C@H]2OC12. The smallest absolute Gasteiger partial charge is 0.347 e. The summed E-state index contributed by atoms with van der Waals surface area (Å²) in [6.07, 6.45) is 1.81. The number of hydrogen-bond acceptors (Lipinski definition) is 4. The number of nitrogens with zero attached hydrogens (tertiary/aromatic N) is 1. The lowest BCUT2D eigenvalue weighted by molar-refractivity contribution is -0.897. The van der Waals surface area contributed by atoms with Gasteiger partial charge in [-0.25, -0.2) is 13.6 Å². The van der Waals surface area contributed by atoms with Crippen LogP contribution in [0.25, 0.3) is 0 Å². The van der Waals surface area contributed by atoms with Gasteiger partial charge in [0.25, 0.3) is 0 Å². The summed E-state index contributed by atoms with van der Waals surface area (Å²) >= 11 is 0. The number of benzene rings is 2. The largest absolute Gasteiger partial charge is 0.459 e. The molecule has 5 nitrogen and oxygen atoms in total. The maximum absolute atomic E-state index is 13.9. The van der Waals surface area contributed by atoms with Crippen LogP contribution in [0.1, 0.15) is 30.4 Å². The van der Waals surface area contributed by atoms with E-state index in [2.05, 4.69) is 21.1 Å². The zero-order chi connectivity index (χ0) is 22.4. The van der Waals surface area contributed by atoms with Crippen LogP contribution in [0.4, 0.5) is 8.78 Å². The predicted octanol–water partition coefficient (Wildman–Crippen LogP) is 3.14. The van der Waals surface area contributed by atoms with Crippen LogP contribution >= 0.6 is 0 Å². The number of halogens is 2. The second-order valence-corrected chi connectivity index (χ2v) is 9.39. The van der Waals surface area contributed by atoms with Gasteiger partial charge in [0.1, 0.15) is 29.9 Å². The number of likely N-dealkylation sites (N-methyl/N-ethyl adjacent to an activating group) is 1. The van der Waals surface area contributed by atoms with Crippen LogP contribution in [0.5, 0.6) is 0 Å². The molecule has 1 saturated carbocycles. The highest BCUT2D eigenvalue weighted by molar-refractivity contribution is 5.85. The van der Waals surface area contributed by atoms with E-state index in [0.717, 1.165) is 18.6 Å². The second kappa shape index (κ2) is 7.97. The van der Waals surface area contributed by atoms with E-state index in [1.165, 1.54) is 36.4 Å². The van der Waals surface area contributed by atoms with E-state index >= 15 is 0 Å². The molecule has 0 spiro atoms. The molecule has 2 unspecified atom stereocenters. The lowest BCUT2D eigenvalue weighted by atomic mass is 9.86. The number of epoxide rings is 1. The maximum Gasteiger partial charge on any atom is 0.347 e. The average molecular weight is 432 g/mol. The Kier molecular flexibility index (Phi) is 5.62. The molecule has 1 aliphatic heterocycles. The highest BCUT2D eigenvalue weighted by Gasteiger charge is 2.54. The molecule has 2 aromatic carbocycles. The van der Waals surface area contributed by atoms with Crippen molar-refractivity contribution in [2.45, 2.75) is 49.2 Å². The van der Waals surface area contributed by atoms with Gasteiger partial charge in [-0.05, 0) is 37.1 Å². The number of rotatable bonds is 5. The number of hydrogen-bond donors (Lipinski definition) is 1. The molecule has 166 valence electrons. The molecule has 7 heteroatoms. The molecular formula is C24H28F2NO4+. The molecule has 2 fully saturated rings. The third kappa shape index (κ3) is 4.35. The van der Waals surface area contributed by atoms with Crippen LogP contribution in [-0.4, -0.2) is 61.1 Å². The normalized spacial score (nSPS) is 26.0. The van der Waals surface area contributed by atoms with Gasteiger partial charge >= 0.3 is 5.97 Å². The summed E-state index contributed by atoms with van der Waals surface area (Å²) in [5, 5.41) is 11.5. The Hall–Kier alpha value is -2.35. The first-order valence-electron chi connectivity index (χ1n) is 10.5. The van der Waals surface area contributed by atoms with Crippen molar-refractivity contribution < 1.29 is 32.6 Å². The van der Waals surface area contributed by atoms with Crippen LogP contribution in [-0.2, 0) is 19.9 Å². The zero-order valence-electron chi connectivity index (χ0n) is 17.9. The van der Waals surface area contributed by atoms with Gasteiger partial charge in [-0.1, -0.05) is 24.3 Å². The van der Waals surface area contributed by atoms with Gasteiger partial charge in [0.2, 0.25) is 5.60 Å². The lowest BCUT2D eigenvalue weighted by Gasteiger charge is -2.35. The summed E-state index contributed by atoms with van der Waals surface area (Å²) in [6.45, 7) is 0. The predicted molar refractivity (Wildman–Crippen MR) is 110 cm³/mol. The first kappa shape index (κ1) is 21.9. The summed E-state index contributed by atoms with van der Waals surface area (Å²) in [5.74, 6) is -2.17. The number of aliphatic hydroxyl groups is 1. The Morgan fingerprint density at radius 2 is 1.65 bits per heavy atom. The van der Waals surface area contributed by atoms with Crippen LogP contribution in [0, 0.1) is 11.6 Å². The molecule has 2 aromatic rings. The van der Waals surface area contributed by atoms with Gasteiger partial charge < -0.3 is 19.1 Å². The topological polar surface area (TPSA) is 59.1 Å². The summed E-state index contributed by atoms with van der Waals surface area (Å²) in [4.78, 5) is 13.4. The fraction of sp³-hybridized carbons (Fsp3) is 0.458. The van der Waals surface area contributed by atoms with Crippen LogP contribution in [0.15, 0.2) is 48.5 Å². The number of carbonyl (C=O) groups is 1. The van der Waals surface area contributed by atoms with Crippen molar-refractivity contribution in [3.05, 3.63) is 71.3 Å². The lowest BCUT2D eigenvalue weighted by Crippen LogP contribution is -2.50. The van der Waals surface area contributed by atoms with Crippen molar-refractivity contribution in [2.24, 2.45) is 0 Å². The molecule has 0 amide bonds. The number of quaternary nitrogens is 1. The molecule has 4 atom stereocenters. The summed E-state index contributed by atoms with van der Waals surface area (Å²) in [6, 6.07) is 10.3. The fourth-order valence-corrected chi connectivity index (χ4v) is 4.53. The average Bonchev–Trinajstić information content (AvgIpc) is 3.48. The summed E-state index contributed by atoms with van der Waals surface area (Å²) < 4.78 is 40.2. The van der Waals surface area contributed by atoms with E-state index in [9.17, 15) is 18.7 Å². The number of fused-ring (bicyclic) bond motifs is 1. The molecule has 1 heterocycles. The van der Waals surface area contributed by atoms with E-state index in [4.69, 9.17) is 9.47 Å². The molecule has 2 aliphatic rings. The summed E-state index contributed by atoms with van der Waals surface area (Å²) in [7, 11) is 6.22. The quantitative estimate of drug-likeness (QED) is 0.448. The molecule has 0 bridgehead atoms. The van der Waals surface area contributed by atoms with Crippen LogP contribution < -0.4 is 0 Å².